The zero-order valence-corrected chi connectivity index (χ0v) is 11.1. The maximum Gasteiger partial charge on any atom is 0.340 e. The molecule has 0 heterocycles. The number of ether oxygens (including phenoxy) is 2. The number of esters is 1. The Bertz CT molecular complexity index is 444. The van der Waals surface area contributed by atoms with Gasteiger partial charge >= 0.3 is 5.97 Å². The van der Waals surface area contributed by atoms with Crippen LogP contribution < -0.4 is 11.1 Å². The summed E-state index contributed by atoms with van der Waals surface area (Å²) in [6, 6.07) is 5.26. The first-order valence-corrected chi connectivity index (χ1v) is 6.50. The zero-order valence-electron chi connectivity index (χ0n) is 11.1. The number of carbonyl (C=O) groups excluding carboxylic acids is 1. The Balaban J connectivity index is 1.83. The molecular formula is C14H20N2O3. The zero-order chi connectivity index (χ0) is 13.7. The van der Waals surface area contributed by atoms with Gasteiger partial charge in [-0.3, -0.25) is 0 Å². The molecule has 0 spiro atoms. The Morgan fingerprint density at radius 2 is 2.26 bits per heavy atom. The van der Waals surface area contributed by atoms with Crippen molar-refractivity contribution in [2.75, 3.05) is 37.9 Å². The van der Waals surface area contributed by atoms with E-state index in [9.17, 15) is 4.79 Å². The van der Waals surface area contributed by atoms with E-state index in [1.165, 1.54) is 20.0 Å². The average molecular weight is 264 g/mol. The van der Waals surface area contributed by atoms with Crippen LogP contribution in [-0.4, -0.2) is 32.8 Å². The van der Waals surface area contributed by atoms with Crippen molar-refractivity contribution in [3.05, 3.63) is 23.8 Å². The molecule has 0 radical (unpaired) electrons. The molecule has 104 valence electrons. The smallest absolute Gasteiger partial charge is 0.340 e. The lowest BCUT2D eigenvalue weighted by molar-refractivity contribution is 0.0602. The lowest BCUT2D eigenvalue weighted by Crippen LogP contribution is -2.13. The van der Waals surface area contributed by atoms with Crippen LogP contribution in [-0.2, 0) is 9.47 Å². The van der Waals surface area contributed by atoms with Crippen LogP contribution in [0.3, 0.4) is 0 Å². The van der Waals surface area contributed by atoms with Crippen LogP contribution in [0.2, 0.25) is 0 Å². The molecule has 3 N–H and O–H groups in total. The summed E-state index contributed by atoms with van der Waals surface area (Å²) in [7, 11) is 1.34. The number of methoxy groups -OCH3 is 1. The summed E-state index contributed by atoms with van der Waals surface area (Å²) < 4.78 is 10.2. The first-order valence-electron chi connectivity index (χ1n) is 6.50. The minimum atomic E-state index is -0.425. The van der Waals surface area contributed by atoms with Gasteiger partial charge in [0.1, 0.15) is 0 Å². The number of nitrogens with one attached hydrogen (secondary N) is 1. The van der Waals surface area contributed by atoms with Crippen LogP contribution in [0.5, 0.6) is 0 Å². The van der Waals surface area contributed by atoms with Gasteiger partial charge in [0, 0.05) is 13.2 Å². The van der Waals surface area contributed by atoms with Gasteiger partial charge in [-0.1, -0.05) is 6.07 Å². The third-order valence-electron chi connectivity index (χ3n) is 3.12. The van der Waals surface area contributed by atoms with Gasteiger partial charge in [-0.05, 0) is 30.9 Å². The van der Waals surface area contributed by atoms with E-state index < -0.39 is 5.97 Å². The maximum atomic E-state index is 11.5. The summed E-state index contributed by atoms with van der Waals surface area (Å²) in [6.45, 7) is 2.15. The molecule has 1 fully saturated rings. The van der Waals surface area contributed by atoms with Crippen LogP contribution in [0, 0.1) is 5.92 Å². The number of nitrogens with two attached hydrogens (primary N) is 1. The minimum Gasteiger partial charge on any atom is -0.465 e. The first-order chi connectivity index (χ1) is 9.22. The van der Waals surface area contributed by atoms with Gasteiger partial charge in [0.15, 0.2) is 0 Å². The summed E-state index contributed by atoms with van der Waals surface area (Å²) in [6.07, 6.45) is 2.59. The second kappa shape index (κ2) is 6.43. The number of benzene rings is 1. The van der Waals surface area contributed by atoms with Crippen molar-refractivity contribution in [2.24, 2.45) is 5.92 Å². The highest BCUT2D eigenvalue weighted by Gasteiger charge is 2.20. The van der Waals surface area contributed by atoms with E-state index in [1.807, 2.05) is 6.07 Å². The van der Waals surface area contributed by atoms with Crippen molar-refractivity contribution in [1.29, 1.82) is 0 Å². The number of anilines is 2. The quantitative estimate of drug-likeness (QED) is 0.447. The Labute approximate surface area is 113 Å². The number of para-hydroxylation sites is 1. The predicted octanol–water partition coefficient (Wildman–Crippen LogP) is 1.89. The monoisotopic (exact) mass is 264 g/mol. The van der Waals surface area contributed by atoms with Crippen LogP contribution in [0.1, 0.15) is 23.2 Å². The lowest BCUT2D eigenvalue weighted by Gasteiger charge is -2.12. The highest BCUT2D eigenvalue weighted by Crippen LogP contribution is 2.28. The fraction of sp³-hybridized carbons (Fsp3) is 0.500. The Morgan fingerprint density at radius 3 is 2.95 bits per heavy atom. The van der Waals surface area contributed by atoms with Crippen LogP contribution >= 0.6 is 0 Å². The summed E-state index contributed by atoms with van der Waals surface area (Å²) in [5.74, 6) is 0.346. The average Bonchev–Trinajstić information content (AvgIpc) is 3.23. The normalized spacial score (nSPS) is 14.2. The number of carbonyl (C=O) groups is 1. The van der Waals surface area contributed by atoms with Crippen LogP contribution in [0.15, 0.2) is 18.2 Å². The third kappa shape index (κ3) is 3.86. The standard InChI is InChI=1S/C14H20N2O3/c1-18-14(17)11-3-2-4-12(13(11)15)16-7-8-19-9-10-5-6-10/h2-4,10,16H,5-9,15H2,1H3. The molecule has 1 aromatic carbocycles. The van der Waals surface area contributed by atoms with Crippen molar-refractivity contribution in [1.82, 2.24) is 0 Å². The highest BCUT2D eigenvalue weighted by molar-refractivity contribution is 5.98. The van der Waals surface area contributed by atoms with Crippen molar-refractivity contribution < 1.29 is 14.3 Å². The summed E-state index contributed by atoms with van der Waals surface area (Å²) in [5, 5.41) is 3.17. The SMILES string of the molecule is COC(=O)c1cccc(NCCOCC2CC2)c1N. The van der Waals surface area contributed by atoms with Gasteiger partial charge in [0.05, 0.1) is 30.7 Å². The van der Waals surface area contributed by atoms with Crippen molar-refractivity contribution in [3.63, 3.8) is 0 Å². The molecule has 0 bridgehead atoms. The number of hydrogen-bond acceptors (Lipinski definition) is 5. The van der Waals surface area contributed by atoms with E-state index in [0.29, 0.717) is 24.4 Å². The predicted molar refractivity (Wildman–Crippen MR) is 74.2 cm³/mol. The van der Waals surface area contributed by atoms with Crippen LogP contribution in [0.4, 0.5) is 11.4 Å². The molecule has 1 aliphatic carbocycles. The van der Waals surface area contributed by atoms with Crippen molar-refractivity contribution >= 4 is 17.3 Å². The van der Waals surface area contributed by atoms with Gasteiger partial charge in [0.25, 0.3) is 0 Å². The molecule has 5 nitrogen and oxygen atoms in total. The summed E-state index contributed by atoms with van der Waals surface area (Å²) in [4.78, 5) is 11.5. The van der Waals surface area contributed by atoms with Gasteiger partial charge in [0.2, 0.25) is 0 Å². The minimum absolute atomic E-state index is 0.381. The number of nitrogen functional groups attached to an aromatic ring is 1. The van der Waals surface area contributed by atoms with E-state index in [1.54, 1.807) is 12.1 Å². The summed E-state index contributed by atoms with van der Waals surface area (Å²) in [5.41, 5.74) is 7.46. The molecule has 0 aromatic heterocycles. The third-order valence-corrected chi connectivity index (χ3v) is 3.12. The Morgan fingerprint density at radius 1 is 1.47 bits per heavy atom. The van der Waals surface area contributed by atoms with Crippen molar-refractivity contribution in [2.45, 2.75) is 12.8 Å². The second-order valence-electron chi connectivity index (χ2n) is 4.70. The number of rotatable bonds is 7. The van der Waals surface area contributed by atoms with E-state index in [2.05, 4.69) is 10.1 Å². The molecule has 1 aromatic rings. The molecular weight excluding hydrogens is 244 g/mol. The van der Waals surface area contributed by atoms with Crippen LogP contribution in [0.25, 0.3) is 0 Å². The van der Waals surface area contributed by atoms with Gasteiger partial charge in [-0.15, -0.1) is 0 Å². The molecule has 0 unspecified atom stereocenters. The fourth-order valence-corrected chi connectivity index (χ4v) is 1.80. The molecule has 0 saturated heterocycles. The Kier molecular flexibility index (Phi) is 4.63. The number of hydrogen-bond donors (Lipinski definition) is 2. The van der Waals surface area contributed by atoms with Crippen molar-refractivity contribution in [3.8, 4) is 0 Å². The maximum absolute atomic E-state index is 11.5. The highest BCUT2D eigenvalue weighted by atomic mass is 16.5. The molecule has 1 saturated carbocycles. The molecule has 0 aliphatic heterocycles. The molecule has 5 heteroatoms. The molecule has 19 heavy (non-hydrogen) atoms. The van der Waals surface area contributed by atoms with E-state index in [0.717, 1.165) is 18.2 Å². The van der Waals surface area contributed by atoms with Gasteiger partial charge in [-0.25, -0.2) is 4.79 Å². The first kappa shape index (κ1) is 13.7. The van der Waals surface area contributed by atoms with Gasteiger partial charge in [-0.2, -0.15) is 0 Å². The van der Waals surface area contributed by atoms with E-state index in [4.69, 9.17) is 10.5 Å². The topological polar surface area (TPSA) is 73.6 Å². The molecule has 2 rings (SSSR count). The van der Waals surface area contributed by atoms with Gasteiger partial charge < -0.3 is 20.5 Å². The van der Waals surface area contributed by atoms with E-state index in [-0.39, 0.29) is 0 Å². The second-order valence-corrected chi connectivity index (χ2v) is 4.70. The summed E-state index contributed by atoms with van der Waals surface area (Å²) >= 11 is 0. The fourth-order valence-electron chi connectivity index (χ4n) is 1.80. The lowest BCUT2D eigenvalue weighted by atomic mass is 10.1. The van der Waals surface area contributed by atoms with E-state index >= 15 is 0 Å². The Hall–Kier alpha value is -1.75. The molecule has 1 aliphatic rings. The largest absolute Gasteiger partial charge is 0.465 e. The molecule has 0 amide bonds. The molecule has 0 atom stereocenters.